The molecule has 4 rings (SSSR count). The number of carbonyl (C=O) groups excluding carboxylic acids is 1. The molecule has 0 saturated carbocycles. The molecule has 1 fully saturated rings. The summed E-state index contributed by atoms with van der Waals surface area (Å²) in [7, 11) is 0. The molecule has 1 amide bonds. The third-order valence-electron chi connectivity index (χ3n) is 5.85. The molecule has 0 spiro atoms. The number of amides is 1. The Morgan fingerprint density at radius 3 is 2.85 bits per heavy atom. The van der Waals surface area contributed by atoms with E-state index >= 15 is 0 Å². The first kappa shape index (κ1) is 17.9. The van der Waals surface area contributed by atoms with Gasteiger partial charge in [-0.15, -0.1) is 0 Å². The maximum absolute atomic E-state index is 12.9. The van der Waals surface area contributed by atoms with Gasteiger partial charge in [0.2, 0.25) is 12.7 Å². The summed E-state index contributed by atoms with van der Waals surface area (Å²) < 4.78 is 12.9. The third kappa shape index (κ3) is 3.66. The molecule has 27 heavy (non-hydrogen) atoms. The predicted octanol–water partition coefficient (Wildman–Crippen LogP) is 3.10. The molecular formula is C21H27N3O3. The summed E-state index contributed by atoms with van der Waals surface area (Å²) in [5.74, 6) is 1.81. The highest BCUT2D eigenvalue weighted by atomic mass is 16.7. The van der Waals surface area contributed by atoms with E-state index in [0.717, 1.165) is 55.2 Å². The monoisotopic (exact) mass is 369 g/mol. The van der Waals surface area contributed by atoms with Crippen LogP contribution in [0.5, 0.6) is 11.5 Å². The van der Waals surface area contributed by atoms with E-state index in [1.54, 1.807) is 6.33 Å². The second kappa shape index (κ2) is 6.91. The van der Waals surface area contributed by atoms with Crippen LogP contribution in [0, 0.1) is 19.3 Å². The normalized spacial score (nSPS) is 21.5. The summed E-state index contributed by atoms with van der Waals surface area (Å²) in [6.45, 7) is 8.55. The van der Waals surface area contributed by atoms with Crippen LogP contribution in [0.4, 0.5) is 0 Å². The van der Waals surface area contributed by atoms with Gasteiger partial charge in [0.05, 0.1) is 12.0 Å². The fraction of sp³-hybridized carbons (Fsp3) is 0.524. The minimum Gasteiger partial charge on any atom is -0.454 e. The van der Waals surface area contributed by atoms with Gasteiger partial charge in [-0.3, -0.25) is 4.79 Å². The molecule has 0 N–H and O–H groups in total. The van der Waals surface area contributed by atoms with Crippen LogP contribution in [-0.2, 0) is 17.8 Å². The second-order valence-electron chi connectivity index (χ2n) is 8.14. The van der Waals surface area contributed by atoms with Gasteiger partial charge in [0, 0.05) is 18.8 Å². The van der Waals surface area contributed by atoms with Crippen molar-refractivity contribution in [1.29, 1.82) is 0 Å². The zero-order valence-corrected chi connectivity index (χ0v) is 16.3. The number of aryl methyl sites for hydroxylation is 1. The summed E-state index contributed by atoms with van der Waals surface area (Å²) in [6.07, 6.45) is 4.85. The van der Waals surface area contributed by atoms with Gasteiger partial charge in [0.25, 0.3) is 0 Å². The number of ether oxygens (including phenoxy) is 2. The van der Waals surface area contributed by atoms with E-state index in [2.05, 4.69) is 24.0 Å². The highest BCUT2D eigenvalue weighted by Gasteiger charge is 2.33. The predicted molar refractivity (Wildman–Crippen MR) is 102 cm³/mol. The highest BCUT2D eigenvalue weighted by Crippen LogP contribution is 2.37. The number of rotatable bonds is 4. The van der Waals surface area contributed by atoms with Crippen molar-refractivity contribution in [2.75, 3.05) is 19.9 Å². The minimum absolute atomic E-state index is 0.0709. The third-order valence-corrected chi connectivity index (χ3v) is 5.85. The zero-order chi connectivity index (χ0) is 19.0. The van der Waals surface area contributed by atoms with Gasteiger partial charge in [-0.05, 0) is 56.2 Å². The van der Waals surface area contributed by atoms with E-state index in [-0.39, 0.29) is 11.3 Å². The van der Waals surface area contributed by atoms with E-state index in [0.29, 0.717) is 13.3 Å². The molecule has 1 saturated heterocycles. The Morgan fingerprint density at radius 1 is 1.26 bits per heavy atom. The van der Waals surface area contributed by atoms with Crippen LogP contribution in [-0.4, -0.2) is 40.2 Å². The lowest BCUT2D eigenvalue weighted by Crippen LogP contribution is -2.46. The smallest absolute Gasteiger partial charge is 0.242 e. The average Bonchev–Trinajstić information content (AvgIpc) is 3.22. The molecule has 1 atom stereocenters. The lowest BCUT2D eigenvalue weighted by atomic mass is 9.77. The van der Waals surface area contributed by atoms with Crippen LogP contribution in [0.1, 0.15) is 36.7 Å². The van der Waals surface area contributed by atoms with E-state index in [4.69, 9.17) is 9.47 Å². The number of hydrogen-bond donors (Lipinski definition) is 0. The number of imidazole rings is 1. The molecule has 1 unspecified atom stereocenters. The van der Waals surface area contributed by atoms with E-state index in [1.807, 2.05) is 29.4 Å². The molecule has 3 heterocycles. The molecule has 2 aromatic rings. The standard InChI is InChI=1S/C21H27N3O3/c1-15-16(2)24(13-22-15)11-20(25)23-8-4-7-21(3,12-23)10-17-5-6-18-19(9-17)27-14-26-18/h5-6,9,13H,4,7-8,10-12,14H2,1-3H3. The average molecular weight is 369 g/mol. The summed E-state index contributed by atoms with van der Waals surface area (Å²) in [5.41, 5.74) is 3.34. The molecule has 6 nitrogen and oxygen atoms in total. The summed E-state index contributed by atoms with van der Waals surface area (Å²) >= 11 is 0. The van der Waals surface area contributed by atoms with Crippen LogP contribution < -0.4 is 9.47 Å². The first-order chi connectivity index (χ1) is 12.9. The number of fused-ring (bicyclic) bond motifs is 1. The van der Waals surface area contributed by atoms with Crippen molar-refractivity contribution in [1.82, 2.24) is 14.5 Å². The summed E-state index contributed by atoms with van der Waals surface area (Å²) in [5, 5.41) is 0. The Morgan fingerprint density at radius 2 is 2.07 bits per heavy atom. The summed E-state index contributed by atoms with van der Waals surface area (Å²) in [6, 6.07) is 6.17. The van der Waals surface area contributed by atoms with Gasteiger partial charge in [-0.25, -0.2) is 4.98 Å². The van der Waals surface area contributed by atoms with Crippen LogP contribution in [0.3, 0.4) is 0 Å². The number of nitrogens with zero attached hydrogens (tertiary/aromatic N) is 3. The van der Waals surface area contributed by atoms with Crippen molar-refractivity contribution in [3.63, 3.8) is 0 Å². The maximum Gasteiger partial charge on any atom is 0.242 e. The highest BCUT2D eigenvalue weighted by molar-refractivity contribution is 5.76. The Labute approximate surface area is 160 Å². The van der Waals surface area contributed by atoms with Crippen molar-refractivity contribution >= 4 is 5.91 Å². The van der Waals surface area contributed by atoms with Crippen molar-refractivity contribution in [2.24, 2.45) is 5.41 Å². The number of hydrogen-bond acceptors (Lipinski definition) is 4. The van der Waals surface area contributed by atoms with Gasteiger partial charge in [-0.2, -0.15) is 0 Å². The van der Waals surface area contributed by atoms with Crippen LogP contribution in [0.15, 0.2) is 24.5 Å². The van der Waals surface area contributed by atoms with Crippen LogP contribution in [0.25, 0.3) is 0 Å². The lowest BCUT2D eigenvalue weighted by Gasteiger charge is -2.41. The molecule has 2 aliphatic heterocycles. The maximum atomic E-state index is 12.9. The number of aromatic nitrogens is 2. The number of carbonyl (C=O) groups is 1. The molecule has 1 aromatic heterocycles. The van der Waals surface area contributed by atoms with E-state index < -0.39 is 0 Å². The quantitative estimate of drug-likeness (QED) is 0.831. The van der Waals surface area contributed by atoms with Crippen molar-refractivity contribution in [3.05, 3.63) is 41.5 Å². The van der Waals surface area contributed by atoms with Crippen LogP contribution in [0.2, 0.25) is 0 Å². The Hall–Kier alpha value is -2.50. The number of piperidine rings is 1. The Kier molecular flexibility index (Phi) is 4.58. The van der Waals surface area contributed by atoms with Gasteiger partial charge in [0.15, 0.2) is 11.5 Å². The fourth-order valence-electron chi connectivity index (χ4n) is 4.17. The molecular weight excluding hydrogens is 342 g/mol. The van der Waals surface area contributed by atoms with Crippen molar-refractivity contribution < 1.29 is 14.3 Å². The molecule has 1 aromatic carbocycles. The van der Waals surface area contributed by atoms with Crippen molar-refractivity contribution in [2.45, 2.75) is 46.6 Å². The molecule has 144 valence electrons. The van der Waals surface area contributed by atoms with Gasteiger partial charge in [-0.1, -0.05) is 13.0 Å². The second-order valence-corrected chi connectivity index (χ2v) is 8.14. The zero-order valence-electron chi connectivity index (χ0n) is 16.3. The van der Waals surface area contributed by atoms with Gasteiger partial charge >= 0.3 is 0 Å². The van der Waals surface area contributed by atoms with Crippen LogP contribution >= 0.6 is 0 Å². The molecule has 2 aliphatic rings. The topological polar surface area (TPSA) is 56.6 Å². The number of benzene rings is 1. The fourth-order valence-corrected chi connectivity index (χ4v) is 4.17. The van der Waals surface area contributed by atoms with E-state index in [1.165, 1.54) is 5.56 Å². The summed E-state index contributed by atoms with van der Waals surface area (Å²) in [4.78, 5) is 19.2. The molecule has 0 bridgehead atoms. The Bertz CT molecular complexity index is 860. The van der Waals surface area contributed by atoms with Gasteiger partial charge in [0.1, 0.15) is 6.54 Å². The molecule has 0 radical (unpaired) electrons. The minimum atomic E-state index is 0.0709. The lowest BCUT2D eigenvalue weighted by molar-refractivity contribution is -0.135. The molecule has 6 heteroatoms. The first-order valence-corrected chi connectivity index (χ1v) is 9.58. The van der Waals surface area contributed by atoms with E-state index in [9.17, 15) is 4.79 Å². The van der Waals surface area contributed by atoms with Crippen molar-refractivity contribution in [3.8, 4) is 11.5 Å². The number of likely N-dealkylation sites (tertiary alicyclic amines) is 1. The van der Waals surface area contributed by atoms with Gasteiger partial charge < -0.3 is 18.9 Å². The first-order valence-electron chi connectivity index (χ1n) is 9.58. The largest absolute Gasteiger partial charge is 0.454 e. The molecule has 0 aliphatic carbocycles. The Balaban J connectivity index is 1.43. The SMILES string of the molecule is Cc1ncn(CC(=O)N2CCCC(C)(Cc3ccc4c(c3)OCO4)C2)c1C.